The highest BCUT2D eigenvalue weighted by Gasteiger charge is 2.17. The normalized spacial score (nSPS) is 10.4. The van der Waals surface area contributed by atoms with Crippen molar-refractivity contribution in [2.75, 3.05) is 17.7 Å². The summed E-state index contributed by atoms with van der Waals surface area (Å²) >= 11 is 0. The molecule has 0 bridgehead atoms. The van der Waals surface area contributed by atoms with E-state index in [2.05, 4.69) is 15.5 Å². The van der Waals surface area contributed by atoms with E-state index in [9.17, 15) is 4.79 Å². The van der Waals surface area contributed by atoms with E-state index in [1.807, 2.05) is 32.0 Å². The lowest BCUT2D eigenvalue weighted by Crippen LogP contribution is -2.15. The Kier molecular flexibility index (Phi) is 4.47. The van der Waals surface area contributed by atoms with Gasteiger partial charge >= 0.3 is 0 Å². The number of carbonyl (C=O) groups excluding carboxylic acids is 1. The lowest BCUT2D eigenvalue weighted by molar-refractivity contribution is 0.102. The number of hydrogen-bond donors (Lipinski definition) is 3. The fourth-order valence-electron chi connectivity index (χ4n) is 1.86. The zero-order valence-corrected chi connectivity index (χ0v) is 12.5. The molecular weight excluding hydrogens is 268 g/mol. The predicted octanol–water partition coefficient (Wildman–Crippen LogP) is 2.65. The molecule has 0 unspecified atom stereocenters. The second-order valence-electron chi connectivity index (χ2n) is 4.91. The molecule has 112 valence electrons. The standard InChI is InChI=1S/C15H20N4O2/c1-4-7-21-12-8-9(2)5-6-11(12)17-15(20)14-13(16)10(3)18-19-14/h5-6,8H,4,7,16H2,1-3H3,(H,17,20)(H,18,19). The lowest BCUT2D eigenvalue weighted by Gasteiger charge is -2.12. The SMILES string of the molecule is CCCOc1cc(C)ccc1NC(=O)c1n[nH]c(C)c1N. The average Bonchev–Trinajstić information content (AvgIpc) is 2.79. The number of nitrogen functional groups attached to an aromatic ring is 1. The third kappa shape index (κ3) is 3.34. The van der Waals surface area contributed by atoms with Gasteiger partial charge < -0.3 is 15.8 Å². The molecule has 1 aromatic heterocycles. The zero-order valence-electron chi connectivity index (χ0n) is 12.5. The molecule has 21 heavy (non-hydrogen) atoms. The number of ether oxygens (including phenoxy) is 1. The molecule has 1 heterocycles. The van der Waals surface area contributed by atoms with Gasteiger partial charge in [0.05, 0.1) is 23.7 Å². The monoisotopic (exact) mass is 288 g/mol. The summed E-state index contributed by atoms with van der Waals surface area (Å²) < 4.78 is 5.67. The molecule has 0 aliphatic heterocycles. The third-order valence-corrected chi connectivity index (χ3v) is 3.06. The molecule has 2 aromatic rings. The molecule has 0 saturated heterocycles. The first-order chi connectivity index (χ1) is 10.0. The summed E-state index contributed by atoms with van der Waals surface area (Å²) in [6.07, 6.45) is 0.896. The Morgan fingerprint density at radius 3 is 2.81 bits per heavy atom. The predicted molar refractivity (Wildman–Crippen MR) is 82.7 cm³/mol. The molecule has 6 heteroatoms. The van der Waals surface area contributed by atoms with Gasteiger partial charge in [-0.15, -0.1) is 0 Å². The molecule has 0 atom stereocenters. The minimum Gasteiger partial charge on any atom is -0.491 e. The number of nitrogens with one attached hydrogen (secondary N) is 2. The first kappa shape index (κ1) is 14.9. The maximum Gasteiger partial charge on any atom is 0.278 e. The summed E-state index contributed by atoms with van der Waals surface area (Å²) in [5.41, 5.74) is 8.71. The van der Waals surface area contributed by atoms with Crippen molar-refractivity contribution in [2.45, 2.75) is 27.2 Å². The smallest absolute Gasteiger partial charge is 0.278 e. The van der Waals surface area contributed by atoms with Gasteiger partial charge in [-0.2, -0.15) is 5.10 Å². The number of hydrogen-bond acceptors (Lipinski definition) is 4. The van der Waals surface area contributed by atoms with E-state index in [0.29, 0.717) is 29.4 Å². The van der Waals surface area contributed by atoms with Crippen LogP contribution in [-0.4, -0.2) is 22.7 Å². The number of aromatic amines is 1. The number of anilines is 2. The molecule has 1 amide bonds. The molecule has 0 spiro atoms. The number of H-pyrrole nitrogens is 1. The summed E-state index contributed by atoms with van der Waals surface area (Å²) in [7, 11) is 0. The molecule has 1 aromatic carbocycles. The van der Waals surface area contributed by atoms with E-state index < -0.39 is 0 Å². The topological polar surface area (TPSA) is 93.0 Å². The van der Waals surface area contributed by atoms with Gasteiger partial charge in [-0.1, -0.05) is 13.0 Å². The highest BCUT2D eigenvalue weighted by molar-refractivity contribution is 6.07. The lowest BCUT2D eigenvalue weighted by atomic mass is 10.2. The first-order valence-corrected chi connectivity index (χ1v) is 6.88. The van der Waals surface area contributed by atoms with Crippen molar-refractivity contribution in [3.63, 3.8) is 0 Å². The Labute approximate surface area is 123 Å². The maximum absolute atomic E-state index is 12.2. The van der Waals surface area contributed by atoms with Gasteiger partial charge in [-0.3, -0.25) is 9.89 Å². The number of amides is 1. The Morgan fingerprint density at radius 2 is 2.19 bits per heavy atom. The molecule has 0 aliphatic rings. The Morgan fingerprint density at radius 1 is 1.43 bits per heavy atom. The molecular formula is C15H20N4O2. The number of aryl methyl sites for hydroxylation is 2. The van der Waals surface area contributed by atoms with Crippen molar-refractivity contribution in [1.29, 1.82) is 0 Å². The van der Waals surface area contributed by atoms with E-state index >= 15 is 0 Å². The minimum absolute atomic E-state index is 0.189. The largest absolute Gasteiger partial charge is 0.491 e. The van der Waals surface area contributed by atoms with Crippen LogP contribution in [0.3, 0.4) is 0 Å². The van der Waals surface area contributed by atoms with Crippen LogP contribution in [-0.2, 0) is 0 Å². The molecule has 0 aliphatic carbocycles. The van der Waals surface area contributed by atoms with Crippen LogP contribution in [0.2, 0.25) is 0 Å². The maximum atomic E-state index is 12.2. The van der Waals surface area contributed by atoms with Crippen LogP contribution < -0.4 is 15.8 Å². The van der Waals surface area contributed by atoms with Crippen molar-refractivity contribution in [1.82, 2.24) is 10.2 Å². The summed E-state index contributed by atoms with van der Waals surface area (Å²) in [6, 6.07) is 5.62. The van der Waals surface area contributed by atoms with Gasteiger partial charge in [0.15, 0.2) is 5.69 Å². The van der Waals surface area contributed by atoms with Crippen LogP contribution in [0.4, 0.5) is 11.4 Å². The van der Waals surface area contributed by atoms with Crippen LogP contribution in [0.15, 0.2) is 18.2 Å². The molecule has 2 rings (SSSR count). The molecule has 0 saturated carbocycles. The fourth-order valence-corrected chi connectivity index (χ4v) is 1.86. The number of nitrogens with two attached hydrogens (primary N) is 1. The number of rotatable bonds is 5. The van der Waals surface area contributed by atoms with E-state index in [1.165, 1.54) is 0 Å². The van der Waals surface area contributed by atoms with Crippen LogP contribution >= 0.6 is 0 Å². The van der Waals surface area contributed by atoms with Gasteiger partial charge in [0.2, 0.25) is 0 Å². The Balaban J connectivity index is 2.22. The number of benzene rings is 1. The van der Waals surface area contributed by atoms with Gasteiger partial charge in [0.1, 0.15) is 5.75 Å². The van der Waals surface area contributed by atoms with Gasteiger partial charge in [0.25, 0.3) is 5.91 Å². The van der Waals surface area contributed by atoms with Crippen LogP contribution in [0.25, 0.3) is 0 Å². The van der Waals surface area contributed by atoms with E-state index in [1.54, 1.807) is 6.92 Å². The summed E-state index contributed by atoms with van der Waals surface area (Å²) in [5.74, 6) is 0.290. The van der Waals surface area contributed by atoms with Gasteiger partial charge in [0, 0.05) is 0 Å². The quantitative estimate of drug-likeness (QED) is 0.788. The third-order valence-electron chi connectivity index (χ3n) is 3.06. The van der Waals surface area contributed by atoms with Crippen LogP contribution in [0.5, 0.6) is 5.75 Å². The van der Waals surface area contributed by atoms with Crippen LogP contribution in [0.1, 0.15) is 35.1 Å². The molecule has 0 fully saturated rings. The van der Waals surface area contributed by atoms with Crippen LogP contribution in [0, 0.1) is 13.8 Å². The number of nitrogens with zero attached hydrogens (tertiary/aromatic N) is 1. The highest BCUT2D eigenvalue weighted by atomic mass is 16.5. The summed E-state index contributed by atoms with van der Waals surface area (Å²) in [6.45, 7) is 6.36. The van der Waals surface area contributed by atoms with E-state index in [0.717, 1.165) is 12.0 Å². The van der Waals surface area contributed by atoms with Crippen molar-refractivity contribution >= 4 is 17.3 Å². The number of carbonyl (C=O) groups is 1. The molecule has 0 radical (unpaired) electrons. The Bertz CT molecular complexity index is 649. The van der Waals surface area contributed by atoms with Crippen molar-refractivity contribution < 1.29 is 9.53 Å². The summed E-state index contributed by atoms with van der Waals surface area (Å²) in [4.78, 5) is 12.2. The fraction of sp³-hybridized carbons (Fsp3) is 0.333. The van der Waals surface area contributed by atoms with Gasteiger partial charge in [-0.05, 0) is 38.0 Å². The van der Waals surface area contributed by atoms with Crippen molar-refractivity contribution in [3.8, 4) is 5.75 Å². The molecule has 4 N–H and O–H groups in total. The summed E-state index contributed by atoms with van der Waals surface area (Å²) in [5, 5.41) is 9.40. The average molecular weight is 288 g/mol. The minimum atomic E-state index is -0.359. The second-order valence-corrected chi connectivity index (χ2v) is 4.91. The number of aromatic nitrogens is 2. The van der Waals surface area contributed by atoms with E-state index in [-0.39, 0.29) is 11.6 Å². The molecule has 6 nitrogen and oxygen atoms in total. The van der Waals surface area contributed by atoms with Gasteiger partial charge in [-0.25, -0.2) is 0 Å². The Hall–Kier alpha value is -2.50. The first-order valence-electron chi connectivity index (χ1n) is 6.88. The second kappa shape index (κ2) is 6.30. The van der Waals surface area contributed by atoms with E-state index in [4.69, 9.17) is 10.5 Å². The van der Waals surface area contributed by atoms with Crippen molar-refractivity contribution in [3.05, 3.63) is 35.2 Å². The zero-order chi connectivity index (χ0) is 15.4. The highest BCUT2D eigenvalue weighted by Crippen LogP contribution is 2.27. The van der Waals surface area contributed by atoms with Crippen molar-refractivity contribution in [2.24, 2.45) is 0 Å².